The number of hydrogen-bond acceptors (Lipinski definition) is 2. The van der Waals surface area contributed by atoms with E-state index < -0.39 is 6.36 Å². The first-order chi connectivity index (χ1) is 9.98. The second-order valence-electron chi connectivity index (χ2n) is 4.60. The second kappa shape index (κ2) is 6.63. The zero-order valence-corrected chi connectivity index (χ0v) is 11.2. The first-order valence-corrected chi connectivity index (χ1v) is 6.54. The van der Waals surface area contributed by atoms with Crippen molar-refractivity contribution >= 4 is 0 Å². The van der Waals surface area contributed by atoms with Crippen molar-refractivity contribution in [2.45, 2.75) is 19.2 Å². The Balaban J connectivity index is 2.16. The van der Waals surface area contributed by atoms with Gasteiger partial charge < -0.3 is 9.84 Å². The monoisotopic (exact) mass is 296 g/mol. The summed E-state index contributed by atoms with van der Waals surface area (Å²) in [4.78, 5) is 0. The average molecular weight is 296 g/mol. The molecular formula is C16H15F3O2. The summed E-state index contributed by atoms with van der Waals surface area (Å²) in [6.45, 7) is 0.137. The standard InChI is InChI=1S/C16H15F3O2/c17-16(18,19)21-15-5-1-4-14(11-15)13-8-6-12(7-9-13)3-2-10-20/h1,4-9,11,20H,2-3,10H2. The van der Waals surface area contributed by atoms with Crippen molar-refractivity contribution in [2.24, 2.45) is 0 Å². The third-order valence-corrected chi connectivity index (χ3v) is 2.98. The summed E-state index contributed by atoms with van der Waals surface area (Å²) in [6.07, 6.45) is -3.23. The number of alkyl halides is 3. The normalized spacial score (nSPS) is 11.4. The Morgan fingerprint density at radius 3 is 2.29 bits per heavy atom. The molecule has 1 N–H and O–H groups in total. The van der Waals surface area contributed by atoms with Gasteiger partial charge in [-0.2, -0.15) is 0 Å². The molecule has 0 unspecified atom stereocenters. The van der Waals surface area contributed by atoms with Crippen LogP contribution in [0, 0.1) is 0 Å². The molecule has 0 aliphatic carbocycles. The Hall–Kier alpha value is -2.01. The summed E-state index contributed by atoms with van der Waals surface area (Å²) in [7, 11) is 0. The topological polar surface area (TPSA) is 29.5 Å². The van der Waals surface area contributed by atoms with E-state index in [4.69, 9.17) is 5.11 Å². The van der Waals surface area contributed by atoms with E-state index in [2.05, 4.69) is 4.74 Å². The maximum absolute atomic E-state index is 12.2. The van der Waals surface area contributed by atoms with Crippen molar-refractivity contribution in [1.29, 1.82) is 0 Å². The molecule has 112 valence electrons. The first kappa shape index (κ1) is 15.4. The summed E-state index contributed by atoms with van der Waals surface area (Å²) in [6, 6.07) is 13.4. The molecule has 2 rings (SSSR count). The van der Waals surface area contributed by atoms with Crippen LogP contribution in [0.2, 0.25) is 0 Å². The van der Waals surface area contributed by atoms with Crippen LogP contribution in [0.25, 0.3) is 11.1 Å². The van der Waals surface area contributed by atoms with E-state index >= 15 is 0 Å². The molecule has 0 bridgehead atoms. The molecule has 2 nitrogen and oxygen atoms in total. The number of hydrogen-bond donors (Lipinski definition) is 1. The van der Waals surface area contributed by atoms with Gasteiger partial charge >= 0.3 is 6.36 Å². The molecule has 2 aromatic rings. The molecular weight excluding hydrogens is 281 g/mol. The van der Waals surface area contributed by atoms with Gasteiger partial charge in [-0.3, -0.25) is 0 Å². The third kappa shape index (κ3) is 4.79. The highest BCUT2D eigenvalue weighted by Gasteiger charge is 2.31. The van der Waals surface area contributed by atoms with Gasteiger partial charge in [0.15, 0.2) is 0 Å². The third-order valence-electron chi connectivity index (χ3n) is 2.98. The zero-order valence-electron chi connectivity index (χ0n) is 11.2. The summed E-state index contributed by atoms with van der Waals surface area (Å²) >= 11 is 0. The first-order valence-electron chi connectivity index (χ1n) is 6.54. The van der Waals surface area contributed by atoms with Gasteiger partial charge in [0.2, 0.25) is 0 Å². The highest BCUT2D eigenvalue weighted by molar-refractivity contribution is 5.65. The minimum absolute atomic E-state index is 0.137. The van der Waals surface area contributed by atoms with Gasteiger partial charge in [-0.05, 0) is 41.7 Å². The molecule has 0 heterocycles. The zero-order chi connectivity index (χ0) is 15.3. The Morgan fingerprint density at radius 2 is 1.67 bits per heavy atom. The van der Waals surface area contributed by atoms with Crippen LogP contribution < -0.4 is 4.74 Å². The molecule has 0 amide bonds. The van der Waals surface area contributed by atoms with E-state index in [0.29, 0.717) is 12.0 Å². The van der Waals surface area contributed by atoms with Crippen molar-refractivity contribution in [1.82, 2.24) is 0 Å². The lowest BCUT2D eigenvalue weighted by molar-refractivity contribution is -0.274. The predicted molar refractivity (Wildman–Crippen MR) is 74.0 cm³/mol. The van der Waals surface area contributed by atoms with Crippen LogP contribution in [0.4, 0.5) is 13.2 Å². The molecule has 0 aliphatic rings. The quantitative estimate of drug-likeness (QED) is 0.897. The highest BCUT2D eigenvalue weighted by Crippen LogP contribution is 2.28. The maximum atomic E-state index is 12.2. The molecule has 5 heteroatoms. The van der Waals surface area contributed by atoms with Crippen LogP contribution in [0.1, 0.15) is 12.0 Å². The summed E-state index contributed by atoms with van der Waals surface area (Å²) in [5.41, 5.74) is 2.55. The van der Waals surface area contributed by atoms with Crippen LogP contribution in [-0.4, -0.2) is 18.1 Å². The summed E-state index contributed by atoms with van der Waals surface area (Å²) in [5, 5.41) is 8.78. The molecule has 0 radical (unpaired) electrons. The van der Waals surface area contributed by atoms with Crippen molar-refractivity contribution in [2.75, 3.05) is 6.61 Å². The lowest BCUT2D eigenvalue weighted by atomic mass is 10.0. The van der Waals surface area contributed by atoms with Crippen molar-refractivity contribution in [3.8, 4) is 16.9 Å². The average Bonchev–Trinajstić information content (AvgIpc) is 2.44. The van der Waals surface area contributed by atoms with Crippen LogP contribution in [-0.2, 0) is 6.42 Å². The van der Waals surface area contributed by atoms with Gasteiger partial charge in [0.25, 0.3) is 0 Å². The molecule has 21 heavy (non-hydrogen) atoms. The Morgan fingerprint density at radius 1 is 0.952 bits per heavy atom. The van der Waals surface area contributed by atoms with Crippen LogP contribution in [0.3, 0.4) is 0 Å². The number of ether oxygens (including phenoxy) is 1. The maximum Gasteiger partial charge on any atom is 0.573 e. The predicted octanol–water partition coefficient (Wildman–Crippen LogP) is 4.18. The molecule has 0 saturated carbocycles. The van der Waals surface area contributed by atoms with E-state index in [1.807, 2.05) is 24.3 Å². The molecule has 2 aromatic carbocycles. The van der Waals surface area contributed by atoms with E-state index in [1.54, 1.807) is 6.07 Å². The molecule has 0 aliphatic heterocycles. The number of aliphatic hydroxyl groups excluding tert-OH is 1. The fraction of sp³-hybridized carbons (Fsp3) is 0.250. The summed E-state index contributed by atoms with van der Waals surface area (Å²) < 4.78 is 40.5. The largest absolute Gasteiger partial charge is 0.573 e. The summed E-state index contributed by atoms with van der Waals surface area (Å²) in [5.74, 6) is -0.232. The second-order valence-corrected chi connectivity index (χ2v) is 4.60. The van der Waals surface area contributed by atoms with E-state index in [-0.39, 0.29) is 12.4 Å². The number of aryl methyl sites for hydroxylation is 1. The highest BCUT2D eigenvalue weighted by atomic mass is 19.4. The van der Waals surface area contributed by atoms with Gasteiger partial charge in [-0.25, -0.2) is 0 Å². The lowest BCUT2D eigenvalue weighted by Gasteiger charge is -2.10. The number of halogens is 3. The number of rotatable bonds is 5. The Kier molecular flexibility index (Phi) is 4.85. The van der Waals surface area contributed by atoms with Crippen molar-refractivity contribution < 1.29 is 23.0 Å². The van der Waals surface area contributed by atoms with E-state index in [1.165, 1.54) is 18.2 Å². The minimum Gasteiger partial charge on any atom is -0.406 e. The Labute approximate surface area is 120 Å². The van der Waals surface area contributed by atoms with Gasteiger partial charge in [0.05, 0.1) is 0 Å². The van der Waals surface area contributed by atoms with E-state index in [9.17, 15) is 13.2 Å². The molecule has 0 atom stereocenters. The molecule has 0 aromatic heterocycles. The fourth-order valence-corrected chi connectivity index (χ4v) is 2.02. The van der Waals surface area contributed by atoms with Gasteiger partial charge in [-0.15, -0.1) is 13.2 Å². The van der Waals surface area contributed by atoms with Crippen LogP contribution in [0.15, 0.2) is 48.5 Å². The van der Waals surface area contributed by atoms with Gasteiger partial charge in [0.1, 0.15) is 5.75 Å². The van der Waals surface area contributed by atoms with Crippen LogP contribution in [0.5, 0.6) is 5.75 Å². The van der Waals surface area contributed by atoms with Crippen LogP contribution >= 0.6 is 0 Å². The smallest absolute Gasteiger partial charge is 0.406 e. The van der Waals surface area contributed by atoms with Gasteiger partial charge in [-0.1, -0.05) is 36.4 Å². The molecule has 0 fully saturated rings. The number of benzene rings is 2. The van der Waals surface area contributed by atoms with Crippen molar-refractivity contribution in [3.63, 3.8) is 0 Å². The van der Waals surface area contributed by atoms with Crippen molar-refractivity contribution in [3.05, 3.63) is 54.1 Å². The SMILES string of the molecule is OCCCc1ccc(-c2cccc(OC(F)(F)F)c2)cc1. The molecule has 0 saturated heterocycles. The Bertz CT molecular complexity index is 577. The molecule has 0 spiro atoms. The van der Waals surface area contributed by atoms with Gasteiger partial charge in [0, 0.05) is 6.61 Å². The fourth-order valence-electron chi connectivity index (χ4n) is 2.02. The minimum atomic E-state index is -4.69. The number of aliphatic hydroxyl groups is 1. The lowest BCUT2D eigenvalue weighted by Crippen LogP contribution is -2.17. The van der Waals surface area contributed by atoms with E-state index in [0.717, 1.165) is 17.5 Å².